The van der Waals surface area contributed by atoms with Crippen LogP contribution in [0.15, 0.2) is 16.5 Å². The molecule has 0 aliphatic carbocycles. The molecular weight excluding hydrogens is 212 g/mol. The number of hydrogen-bond acceptors (Lipinski definition) is 4. The number of nitrogens with zero attached hydrogens (tertiary/aromatic N) is 1. The quantitative estimate of drug-likeness (QED) is 0.724. The first-order valence-electron chi connectivity index (χ1n) is 5.36. The van der Waals surface area contributed by atoms with E-state index in [9.17, 15) is 8.42 Å². The molecule has 0 saturated carbocycles. The molecule has 0 aromatic carbocycles. The van der Waals surface area contributed by atoms with Gasteiger partial charge in [-0.2, -0.15) is 0 Å². The Bertz CT molecular complexity index is 384. The fourth-order valence-electron chi connectivity index (χ4n) is 1.87. The first kappa shape index (κ1) is 10.7. The molecule has 0 radical (unpaired) electrons. The highest BCUT2D eigenvalue weighted by atomic mass is 32.2. The molecule has 4 nitrogen and oxygen atoms in total. The van der Waals surface area contributed by atoms with Crippen LogP contribution in [0.5, 0.6) is 0 Å². The van der Waals surface area contributed by atoms with E-state index >= 15 is 0 Å². The Morgan fingerprint density at radius 3 is 2.93 bits per heavy atom. The van der Waals surface area contributed by atoms with Crippen LogP contribution < -0.4 is 5.32 Å². The number of amidine groups is 1. The van der Waals surface area contributed by atoms with Crippen LogP contribution in [0.3, 0.4) is 0 Å². The zero-order valence-corrected chi connectivity index (χ0v) is 9.46. The summed E-state index contributed by atoms with van der Waals surface area (Å²) in [5.41, 5.74) is 0. The van der Waals surface area contributed by atoms with E-state index < -0.39 is 9.84 Å². The summed E-state index contributed by atoms with van der Waals surface area (Å²) in [5.74, 6) is 1.14. The Morgan fingerprint density at radius 1 is 1.33 bits per heavy atom. The summed E-state index contributed by atoms with van der Waals surface area (Å²) in [7, 11) is -2.95. The predicted molar refractivity (Wildman–Crippen MR) is 60.6 cm³/mol. The number of aliphatic imine (C=N–C) groups is 1. The highest BCUT2D eigenvalue weighted by Gasteiger charge is 2.22. The van der Waals surface area contributed by atoms with Crippen LogP contribution in [0.1, 0.15) is 25.7 Å². The third-order valence-corrected chi connectivity index (χ3v) is 4.05. The zero-order valence-electron chi connectivity index (χ0n) is 8.65. The van der Waals surface area contributed by atoms with Gasteiger partial charge in [0.15, 0.2) is 9.84 Å². The molecule has 0 aromatic rings. The number of hydrogen-bond donors (Lipinski definition) is 1. The Morgan fingerprint density at radius 2 is 2.20 bits per heavy atom. The summed E-state index contributed by atoms with van der Waals surface area (Å²) >= 11 is 0. The van der Waals surface area contributed by atoms with Gasteiger partial charge < -0.3 is 5.32 Å². The summed E-state index contributed by atoms with van der Waals surface area (Å²) in [6, 6.07) is -0.0770. The molecule has 2 aliphatic heterocycles. The van der Waals surface area contributed by atoms with Gasteiger partial charge in [0.05, 0.1) is 17.6 Å². The Balaban J connectivity index is 1.92. The first-order valence-corrected chi connectivity index (χ1v) is 7.08. The second kappa shape index (κ2) is 4.35. The molecule has 0 amide bonds. The van der Waals surface area contributed by atoms with E-state index in [0.29, 0.717) is 0 Å². The van der Waals surface area contributed by atoms with Crippen molar-refractivity contribution in [2.24, 2.45) is 4.99 Å². The van der Waals surface area contributed by atoms with Crippen LogP contribution in [0.2, 0.25) is 0 Å². The minimum atomic E-state index is -2.95. The Hall–Kier alpha value is -0.840. The summed E-state index contributed by atoms with van der Waals surface area (Å²) in [6.07, 6.45) is 6.17. The van der Waals surface area contributed by atoms with Crippen LogP contribution in [-0.4, -0.2) is 32.6 Å². The van der Waals surface area contributed by atoms with Crippen molar-refractivity contribution in [2.75, 3.05) is 12.3 Å². The van der Waals surface area contributed by atoms with E-state index in [-0.39, 0.29) is 11.8 Å². The fraction of sp³-hybridized carbons (Fsp3) is 0.700. The average Bonchev–Trinajstić information content (AvgIpc) is 2.41. The van der Waals surface area contributed by atoms with E-state index in [2.05, 4.69) is 10.3 Å². The van der Waals surface area contributed by atoms with Crippen LogP contribution >= 0.6 is 0 Å². The molecule has 0 saturated heterocycles. The van der Waals surface area contributed by atoms with Crippen LogP contribution in [0.25, 0.3) is 0 Å². The van der Waals surface area contributed by atoms with E-state index in [4.69, 9.17) is 0 Å². The van der Waals surface area contributed by atoms with Gasteiger partial charge in [0.2, 0.25) is 0 Å². The van der Waals surface area contributed by atoms with E-state index in [1.807, 2.05) is 0 Å². The largest absolute Gasteiger partial charge is 0.367 e. The molecule has 1 unspecified atom stereocenters. The van der Waals surface area contributed by atoms with E-state index in [0.717, 1.165) is 31.6 Å². The van der Waals surface area contributed by atoms with Gasteiger partial charge in [-0.15, -0.1) is 0 Å². The molecule has 1 atom stereocenters. The maximum absolute atomic E-state index is 11.2. The first-order chi connectivity index (χ1) is 7.16. The van der Waals surface area contributed by atoms with Gasteiger partial charge in [0.25, 0.3) is 0 Å². The van der Waals surface area contributed by atoms with Crippen LogP contribution in [0, 0.1) is 0 Å². The lowest BCUT2D eigenvalue weighted by Gasteiger charge is -2.12. The number of nitrogens with one attached hydrogen (secondary N) is 1. The van der Waals surface area contributed by atoms with Crippen molar-refractivity contribution in [1.29, 1.82) is 0 Å². The van der Waals surface area contributed by atoms with Gasteiger partial charge in [-0.05, 0) is 18.9 Å². The third-order valence-electron chi connectivity index (χ3n) is 2.66. The molecule has 5 heteroatoms. The van der Waals surface area contributed by atoms with Gasteiger partial charge in [0, 0.05) is 18.4 Å². The van der Waals surface area contributed by atoms with Gasteiger partial charge in [0.1, 0.15) is 0 Å². The minimum absolute atomic E-state index is 0.0770. The molecule has 0 spiro atoms. The molecule has 0 bridgehead atoms. The van der Waals surface area contributed by atoms with Crippen LogP contribution in [-0.2, 0) is 9.84 Å². The maximum Gasteiger partial charge on any atom is 0.173 e. The lowest BCUT2D eigenvalue weighted by Crippen LogP contribution is -2.35. The Labute approximate surface area is 90.4 Å². The van der Waals surface area contributed by atoms with Gasteiger partial charge >= 0.3 is 0 Å². The predicted octanol–water partition coefficient (Wildman–Crippen LogP) is 0.859. The van der Waals surface area contributed by atoms with Crippen LogP contribution in [0.4, 0.5) is 0 Å². The normalized spacial score (nSPS) is 29.6. The smallest absolute Gasteiger partial charge is 0.173 e. The van der Waals surface area contributed by atoms with Crippen molar-refractivity contribution >= 4 is 15.7 Å². The van der Waals surface area contributed by atoms with Crippen molar-refractivity contribution in [3.05, 3.63) is 11.5 Å². The van der Waals surface area contributed by atoms with Crippen molar-refractivity contribution in [2.45, 2.75) is 31.7 Å². The molecular formula is C10H16N2O2S. The third kappa shape index (κ3) is 3.06. The van der Waals surface area contributed by atoms with Crippen molar-refractivity contribution < 1.29 is 8.42 Å². The van der Waals surface area contributed by atoms with E-state index in [1.165, 1.54) is 11.8 Å². The molecule has 1 N–H and O–H groups in total. The van der Waals surface area contributed by atoms with Gasteiger partial charge in [-0.25, -0.2) is 8.42 Å². The van der Waals surface area contributed by atoms with Gasteiger partial charge in [-0.3, -0.25) is 4.99 Å². The van der Waals surface area contributed by atoms with Crippen molar-refractivity contribution in [3.63, 3.8) is 0 Å². The molecule has 2 rings (SSSR count). The molecule has 0 aromatic heterocycles. The monoisotopic (exact) mass is 228 g/mol. The van der Waals surface area contributed by atoms with Crippen molar-refractivity contribution in [3.8, 4) is 0 Å². The lowest BCUT2D eigenvalue weighted by atomic mass is 10.2. The highest BCUT2D eigenvalue weighted by molar-refractivity contribution is 7.94. The summed E-state index contributed by atoms with van der Waals surface area (Å²) in [5, 5.41) is 4.49. The summed E-state index contributed by atoms with van der Waals surface area (Å²) in [4.78, 5) is 4.41. The topological polar surface area (TPSA) is 58.5 Å². The number of rotatable bonds is 1. The fourth-order valence-corrected chi connectivity index (χ4v) is 3.11. The molecule has 0 fully saturated rings. The second-order valence-corrected chi connectivity index (χ2v) is 5.98. The maximum atomic E-state index is 11.2. The SMILES string of the molecule is O=S1(=O)C=CC(NC2=NCCCCC2)C1. The summed E-state index contributed by atoms with van der Waals surface area (Å²) < 4.78 is 22.4. The zero-order chi connectivity index (χ0) is 10.7. The lowest BCUT2D eigenvalue weighted by molar-refractivity contribution is 0.602. The molecule has 84 valence electrons. The number of sulfone groups is 1. The minimum Gasteiger partial charge on any atom is -0.367 e. The molecule has 2 heterocycles. The van der Waals surface area contributed by atoms with Gasteiger partial charge in [-0.1, -0.05) is 6.42 Å². The molecule has 15 heavy (non-hydrogen) atoms. The average molecular weight is 228 g/mol. The van der Waals surface area contributed by atoms with Crippen molar-refractivity contribution in [1.82, 2.24) is 5.32 Å². The summed E-state index contributed by atoms with van der Waals surface area (Å²) in [6.45, 7) is 0.867. The standard InChI is InChI=1S/C10H16N2O2S/c13-15(14)7-5-9(8-15)12-10-4-2-1-3-6-11-10/h5,7,9H,1-4,6,8H2,(H,11,12). The Kier molecular flexibility index (Phi) is 3.09. The second-order valence-electron chi connectivity index (χ2n) is 4.05. The van der Waals surface area contributed by atoms with E-state index in [1.54, 1.807) is 6.08 Å². The molecule has 2 aliphatic rings. The highest BCUT2D eigenvalue weighted by Crippen LogP contribution is 2.11.